The van der Waals surface area contributed by atoms with Crippen LogP contribution in [-0.4, -0.2) is 59.7 Å². The Labute approximate surface area is 274 Å². The van der Waals surface area contributed by atoms with E-state index in [0.29, 0.717) is 22.9 Å². The van der Waals surface area contributed by atoms with Gasteiger partial charge in [-0.25, -0.2) is 9.97 Å². The molecule has 2 aromatic carbocycles. The van der Waals surface area contributed by atoms with Gasteiger partial charge in [0, 0.05) is 23.6 Å². The second-order valence-corrected chi connectivity index (χ2v) is 13.3. The molecule has 14 nitrogen and oxygen atoms in total. The van der Waals surface area contributed by atoms with E-state index in [2.05, 4.69) is 36.2 Å². The topological polar surface area (TPSA) is 194 Å². The molecule has 0 saturated heterocycles. The SMILES string of the molecule is CC(C)[C@H](O)C(=O)CC1Cc2ccc3c(c2)C2(c4ccccc4N[C@H]2O3)c2oc(nc2-c2nc(-c3nn[nH]n3)co2)[C@H](C(C)C)NC1=O. The second-order valence-electron chi connectivity index (χ2n) is 13.3. The number of Topliss-reactive ketones (excluding diaryl/α,β-unsaturated/α-hetero) is 1. The van der Waals surface area contributed by atoms with Gasteiger partial charge >= 0.3 is 0 Å². The maximum Gasteiger partial charge on any atom is 0.249 e. The van der Waals surface area contributed by atoms with Gasteiger partial charge in [-0.15, -0.1) is 10.2 Å². The number of carbonyl (C=O) groups is 2. The normalized spacial score (nSPS) is 23.1. The van der Waals surface area contributed by atoms with E-state index in [1.807, 2.05) is 56.3 Å². The number of H-pyrrole nitrogens is 1. The number of fused-ring (bicyclic) bond motifs is 4. The first-order valence-electron chi connectivity index (χ1n) is 16.0. The zero-order chi connectivity index (χ0) is 33.3. The predicted molar refractivity (Wildman–Crippen MR) is 169 cm³/mol. The van der Waals surface area contributed by atoms with Crippen molar-refractivity contribution in [3.8, 4) is 28.9 Å². The number of hydrogen-bond donors (Lipinski definition) is 4. The Morgan fingerprint density at radius 1 is 1.08 bits per heavy atom. The van der Waals surface area contributed by atoms with E-state index in [9.17, 15) is 14.7 Å². The molecule has 0 fully saturated rings. The zero-order valence-corrected chi connectivity index (χ0v) is 26.7. The van der Waals surface area contributed by atoms with Gasteiger partial charge in [0.1, 0.15) is 29.6 Å². The maximum atomic E-state index is 14.1. The molecule has 6 heterocycles. The molecule has 0 saturated carbocycles. The van der Waals surface area contributed by atoms with Gasteiger partial charge in [-0.05, 0) is 46.7 Å². The van der Waals surface area contributed by atoms with Crippen LogP contribution >= 0.6 is 0 Å². The minimum Gasteiger partial charge on any atom is -0.469 e. The molecule has 48 heavy (non-hydrogen) atoms. The fourth-order valence-corrected chi connectivity index (χ4v) is 7.05. The summed E-state index contributed by atoms with van der Waals surface area (Å²) in [5, 5.41) is 31.4. The summed E-state index contributed by atoms with van der Waals surface area (Å²) in [5.41, 5.74) is 3.06. The number of nitrogens with one attached hydrogen (secondary N) is 3. The molecule has 5 atom stereocenters. The van der Waals surface area contributed by atoms with Crippen LogP contribution in [-0.2, 0) is 21.4 Å². The van der Waals surface area contributed by atoms with Crippen LogP contribution in [0, 0.1) is 17.8 Å². The molecule has 1 amide bonds. The highest BCUT2D eigenvalue weighted by Crippen LogP contribution is 2.59. The number of carbonyl (C=O) groups excluding carboxylic acids is 2. The summed E-state index contributed by atoms with van der Waals surface area (Å²) < 4.78 is 19.5. The molecule has 2 unspecified atom stereocenters. The lowest BCUT2D eigenvalue weighted by molar-refractivity contribution is -0.135. The smallest absolute Gasteiger partial charge is 0.249 e. The fourth-order valence-electron chi connectivity index (χ4n) is 7.05. The quantitative estimate of drug-likeness (QED) is 0.198. The van der Waals surface area contributed by atoms with E-state index in [1.165, 1.54) is 6.26 Å². The highest BCUT2D eigenvalue weighted by atomic mass is 16.5. The Balaban J connectivity index is 1.36. The molecule has 0 aliphatic carbocycles. The third-order valence-electron chi connectivity index (χ3n) is 9.52. The van der Waals surface area contributed by atoms with E-state index >= 15 is 0 Å². The van der Waals surface area contributed by atoms with Crippen molar-refractivity contribution in [2.24, 2.45) is 17.8 Å². The van der Waals surface area contributed by atoms with Crippen LogP contribution in [0.15, 0.2) is 57.6 Å². The third kappa shape index (κ3) is 4.53. The summed E-state index contributed by atoms with van der Waals surface area (Å²) in [6.07, 6.45) is -0.217. The van der Waals surface area contributed by atoms with E-state index in [1.54, 1.807) is 13.8 Å². The lowest BCUT2D eigenvalue weighted by atomic mass is 9.72. The number of anilines is 1. The monoisotopic (exact) mass is 650 g/mol. The van der Waals surface area contributed by atoms with Crippen LogP contribution in [0.4, 0.5) is 5.69 Å². The molecule has 3 aromatic heterocycles. The summed E-state index contributed by atoms with van der Waals surface area (Å²) >= 11 is 0. The van der Waals surface area contributed by atoms with Crippen LogP contribution in [0.2, 0.25) is 0 Å². The Morgan fingerprint density at radius 3 is 2.69 bits per heavy atom. The Hall–Kier alpha value is -5.37. The predicted octanol–water partition coefficient (Wildman–Crippen LogP) is 3.95. The second kappa shape index (κ2) is 11.1. The number of aromatic nitrogens is 6. The highest BCUT2D eigenvalue weighted by molar-refractivity contribution is 5.89. The average molecular weight is 651 g/mol. The van der Waals surface area contributed by atoms with Crippen molar-refractivity contribution in [1.82, 2.24) is 35.9 Å². The minimum atomic E-state index is -1.17. The van der Waals surface area contributed by atoms with Gasteiger partial charge in [-0.3, -0.25) is 9.59 Å². The number of hydrogen-bond acceptors (Lipinski definition) is 12. The van der Waals surface area contributed by atoms with Gasteiger partial charge in [-0.2, -0.15) is 5.21 Å². The Morgan fingerprint density at radius 2 is 1.92 bits per heavy atom. The van der Waals surface area contributed by atoms with Crippen LogP contribution in [0.25, 0.3) is 23.1 Å². The molecule has 0 radical (unpaired) electrons. The third-order valence-corrected chi connectivity index (χ3v) is 9.52. The number of tetrazole rings is 1. The van der Waals surface area contributed by atoms with Gasteiger partial charge < -0.3 is 29.3 Å². The van der Waals surface area contributed by atoms with Gasteiger partial charge in [0.15, 0.2) is 29.2 Å². The number of aliphatic hydroxyl groups excluding tert-OH is 1. The fraction of sp³-hybridized carbons (Fsp3) is 0.382. The van der Waals surface area contributed by atoms with E-state index < -0.39 is 29.7 Å². The van der Waals surface area contributed by atoms with Crippen molar-refractivity contribution >= 4 is 17.4 Å². The van der Waals surface area contributed by atoms with Gasteiger partial charge in [0.25, 0.3) is 0 Å². The molecule has 14 heteroatoms. The number of aliphatic hydroxyl groups is 1. The zero-order valence-electron chi connectivity index (χ0n) is 26.7. The first-order valence-corrected chi connectivity index (χ1v) is 16.0. The van der Waals surface area contributed by atoms with Crippen molar-refractivity contribution in [2.75, 3.05) is 5.32 Å². The van der Waals surface area contributed by atoms with Crippen LogP contribution in [0.1, 0.15) is 68.5 Å². The molecule has 3 aliphatic rings. The van der Waals surface area contributed by atoms with Gasteiger partial charge in [0.05, 0.1) is 0 Å². The molecule has 1 spiro atoms. The van der Waals surface area contributed by atoms with Crippen molar-refractivity contribution in [3.05, 3.63) is 77.1 Å². The Kier molecular flexibility index (Phi) is 6.95. The molecule has 5 aromatic rings. The van der Waals surface area contributed by atoms with Crippen LogP contribution in [0.5, 0.6) is 5.75 Å². The van der Waals surface area contributed by atoms with Crippen LogP contribution < -0.4 is 15.4 Å². The largest absolute Gasteiger partial charge is 0.469 e. The number of rotatable bonds is 7. The molecule has 246 valence electrons. The van der Waals surface area contributed by atoms with Crippen LogP contribution in [0.3, 0.4) is 0 Å². The number of ketones is 1. The number of nitrogens with zero attached hydrogens (tertiary/aromatic N) is 5. The first-order chi connectivity index (χ1) is 23.1. The molecule has 4 N–H and O–H groups in total. The van der Waals surface area contributed by atoms with Gasteiger partial charge in [-0.1, -0.05) is 58.0 Å². The van der Waals surface area contributed by atoms with Crippen molar-refractivity contribution in [2.45, 2.75) is 64.3 Å². The molecular formula is C34H34N8O6. The van der Waals surface area contributed by atoms with E-state index in [-0.39, 0.29) is 54.0 Å². The number of amides is 1. The summed E-state index contributed by atoms with van der Waals surface area (Å²) in [5.74, 6) is -0.185. The lowest BCUT2D eigenvalue weighted by Crippen LogP contribution is -2.41. The number of ether oxygens (including phenoxy) is 1. The van der Waals surface area contributed by atoms with Crippen molar-refractivity contribution in [3.63, 3.8) is 0 Å². The van der Waals surface area contributed by atoms with E-state index in [4.69, 9.17) is 18.6 Å². The summed E-state index contributed by atoms with van der Waals surface area (Å²) in [6, 6.07) is 13.1. The summed E-state index contributed by atoms with van der Waals surface area (Å²) in [6.45, 7) is 7.46. The Bertz CT molecular complexity index is 2030. The average Bonchev–Trinajstić information content (AvgIpc) is 3.89. The van der Waals surface area contributed by atoms with Crippen molar-refractivity contribution in [1.29, 1.82) is 0 Å². The molecule has 3 aliphatic heterocycles. The molecule has 8 rings (SSSR count). The number of oxazole rings is 2. The highest BCUT2D eigenvalue weighted by Gasteiger charge is 2.61. The number of aromatic amines is 1. The molecular weight excluding hydrogens is 616 g/mol. The van der Waals surface area contributed by atoms with Crippen molar-refractivity contribution < 1.29 is 28.3 Å². The standard InChI is InChI=1S/C34H34N8O6/c1-15(2)25-32-38-26(31-35-22(14-46-31)29-39-41-42-40-29)28(48-32)34-19-7-5-6-8-21(19)36-33(34)47-24-10-9-17(12-20(24)34)11-18(30(45)37-25)13-23(43)27(44)16(3)4/h5-10,12,14-16,18,25,27,33,36,44H,11,13H2,1-4H3,(H,37,45)(H,39,40,41,42)/t18?,25-,27-,33-,34?/m0/s1. The lowest BCUT2D eigenvalue weighted by Gasteiger charge is -2.28. The summed E-state index contributed by atoms with van der Waals surface area (Å²) in [7, 11) is 0. The minimum absolute atomic E-state index is 0.126. The molecule has 4 bridgehead atoms. The maximum absolute atomic E-state index is 14.1. The number of benzene rings is 2. The van der Waals surface area contributed by atoms with E-state index in [0.717, 1.165) is 22.4 Å². The van der Waals surface area contributed by atoms with Gasteiger partial charge in [0.2, 0.25) is 23.5 Å². The first kappa shape index (κ1) is 30.0. The number of para-hydroxylation sites is 1. The summed E-state index contributed by atoms with van der Waals surface area (Å²) in [4.78, 5) is 36.9.